The van der Waals surface area contributed by atoms with E-state index < -0.39 is 0 Å². The summed E-state index contributed by atoms with van der Waals surface area (Å²) in [4.78, 5) is 0. The van der Waals surface area contributed by atoms with E-state index in [4.69, 9.17) is 10.2 Å². The SMILES string of the molecule is C=C(C#CO)CCO. The van der Waals surface area contributed by atoms with Crippen LogP contribution in [0.5, 0.6) is 0 Å². The Balaban J connectivity index is 3.44. The largest absolute Gasteiger partial charge is 0.462 e. The summed E-state index contributed by atoms with van der Waals surface area (Å²) in [7, 11) is 0. The van der Waals surface area contributed by atoms with Gasteiger partial charge in [0.2, 0.25) is 0 Å². The topological polar surface area (TPSA) is 40.5 Å². The summed E-state index contributed by atoms with van der Waals surface area (Å²) in [5, 5.41) is 16.2. The molecule has 0 fully saturated rings. The lowest BCUT2D eigenvalue weighted by atomic mass is 10.2. The summed E-state index contributed by atoms with van der Waals surface area (Å²) in [6.45, 7) is 3.48. The summed E-state index contributed by atoms with van der Waals surface area (Å²) in [5.41, 5.74) is 0.551. The van der Waals surface area contributed by atoms with Crippen LogP contribution in [-0.4, -0.2) is 16.8 Å². The van der Waals surface area contributed by atoms with Gasteiger partial charge in [0.15, 0.2) is 0 Å². The third kappa shape index (κ3) is 3.26. The van der Waals surface area contributed by atoms with E-state index in [1.54, 1.807) is 6.11 Å². The first-order valence-electron chi connectivity index (χ1n) is 2.25. The number of aliphatic hydroxyl groups excluding tert-OH is 2. The van der Waals surface area contributed by atoms with Gasteiger partial charge >= 0.3 is 0 Å². The van der Waals surface area contributed by atoms with E-state index in [9.17, 15) is 0 Å². The van der Waals surface area contributed by atoms with Crippen molar-refractivity contribution in [1.29, 1.82) is 0 Å². The molecule has 0 saturated carbocycles. The highest BCUT2D eigenvalue weighted by molar-refractivity contribution is 5.22. The van der Waals surface area contributed by atoms with E-state index in [0.717, 1.165) is 0 Å². The lowest BCUT2D eigenvalue weighted by Gasteiger charge is -1.86. The molecule has 0 amide bonds. The third-order valence-electron chi connectivity index (χ3n) is 0.646. The first kappa shape index (κ1) is 7.06. The van der Waals surface area contributed by atoms with Crippen molar-refractivity contribution in [1.82, 2.24) is 0 Å². The van der Waals surface area contributed by atoms with Gasteiger partial charge in [-0.3, -0.25) is 0 Å². The predicted octanol–water partition coefficient (Wildman–Crippen LogP) is 0.258. The van der Waals surface area contributed by atoms with Crippen molar-refractivity contribution in [2.75, 3.05) is 6.61 Å². The Kier molecular flexibility index (Phi) is 3.73. The van der Waals surface area contributed by atoms with Crippen molar-refractivity contribution in [3.05, 3.63) is 12.2 Å². The van der Waals surface area contributed by atoms with Gasteiger partial charge in [0, 0.05) is 18.6 Å². The molecule has 0 radical (unpaired) electrons. The first-order valence-corrected chi connectivity index (χ1v) is 2.25. The van der Waals surface area contributed by atoms with Crippen molar-refractivity contribution in [3.8, 4) is 12.0 Å². The number of rotatable bonds is 2. The Labute approximate surface area is 48.5 Å². The standard InChI is InChI=1S/C6H8O2/c1-6(2-4-7)3-5-8/h7-8H,1-2,4H2. The van der Waals surface area contributed by atoms with Gasteiger partial charge in [-0.25, -0.2) is 0 Å². The van der Waals surface area contributed by atoms with Crippen LogP contribution in [0.1, 0.15) is 6.42 Å². The van der Waals surface area contributed by atoms with Crippen LogP contribution in [0.3, 0.4) is 0 Å². The van der Waals surface area contributed by atoms with Crippen molar-refractivity contribution in [3.63, 3.8) is 0 Å². The van der Waals surface area contributed by atoms with Crippen LogP contribution in [0.15, 0.2) is 12.2 Å². The second-order valence-electron chi connectivity index (χ2n) is 1.31. The average molecular weight is 112 g/mol. The number of hydrogen-bond donors (Lipinski definition) is 2. The number of hydrogen-bond acceptors (Lipinski definition) is 2. The highest BCUT2D eigenvalue weighted by Gasteiger charge is 1.83. The smallest absolute Gasteiger partial charge is 0.112 e. The summed E-state index contributed by atoms with van der Waals surface area (Å²) < 4.78 is 0. The van der Waals surface area contributed by atoms with E-state index in [2.05, 4.69) is 12.5 Å². The molecule has 0 aliphatic heterocycles. The zero-order valence-corrected chi connectivity index (χ0v) is 4.52. The quantitative estimate of drug-likeness (QED) is 0.503. The molecule has 0 aromatic carbocycles. The summed E-state index contributed by atoms with van der Waals surface area (Å²) in [6, 6.07) is 0. The molecule has 0 saturated heterocycles. The van der Waals surface area contributed by atoms with Crippen molar-refractivity contribution in [2.24, 2.45) is 0 Å². The molecule has 0 bridgehead atoms. The fourth-order valence-electron chi connectivity index (χ4n) is 0.277. The van der Waals surface area contributed by atoms with Crippen molar-refractivity contribution < 1.29 is 10.2 Å². The summed E-state index contributed by atoms with van der Waals surface area (Å²) in [5.74, 6) is 2.30. The van der Waals surface area contributed by atoms with Crippen LogP contribution in [0.2, 0.25) is 0 Å². The lowest BCUT2D eigenvalue weighted by Crippen LogP contribution is -1.82. The third-order valence-corrected chi connectivity index (χ3v) is 0.646. The monoisotopic (exact) mass is 112 g/mol. The highest BCUT2D eigenvalue weighted by atomic mass is 16.3. The maximum absolute atomic E-state index is 8.25. The average Bonchev–Trinajstić information content (AvgIpc) is 1.68. The Morgan fingerprint density at radius 1 is 1.62 bits per heavy atom. The van der Waals surface area contributed by atoms with E-state index in [1.807, 2.05) is 0 Å². The molecule has 0 spiro atoms. The molecule has 0 heterocycles. The normalized spacial score (nSPS) is 7.12. The first-order chi connectivity index (χ1) is 3.81. The second-order valence-corrected chi connectivity index (χ2v) is 1.31. The van der Waals surface area contributed by atoms with Crippen LogP contribution in [0.4, 0.5) is 0 Å². The van der Waals surface area contributed by atoms with Crippen molar-refractivity contribution in [2.45, 2.75) is 6.42 Å². The van der Waals surface area contributed by atoms with Crippen LogP contribution in [0, 0.1) is 12.0 Å². The molecule has 0 unspecified atom stereocenters. The van der Waals surface area contributed by atoms with Crippen LogP contribution in [-0.2, 0) is 0 Å². The van der Waals surface area contributed by atoms with Gasteiger partial charge in [-0.05, 0) is 5.92 Å². The Bertz CT molecular complexity index is 127. The lowest BCUT2D eigenvalue weighted by molar-refractivity contribution is 0.301. The van der Waals surface area contributed by atoms with E-state index in [-0.39, 0.29) is 6.61 Å². The summed E-state index contributed by atoms with van der Waals surface area (Å²) in [6.07, 6.45) is 2.13. The van der Waals surface area contributed by atoms with Gasteiger partial charge in [-0.2, -0.15) is 0 Å². The Morgan fingerprint density at radius 3 is 2.62 bits per heavy atom. The zero-order valence-electron chi connectivity index (χ0n) is 4.52. The molecule has 0 aliphatic carbocycles. The van der Waals surface area contributed by atoms with Gasteiger partial charge in [0.25, 0.3) is 0 Å². The fourth-order valence-corrected chi connectivity index (χ4v) is 0.277. The van der Waals surface area contributed by atoms with Gasteiger partial charge in [0.1, 0.15) is 6.11 Å². The second kappa shape index (κ2) is 4.23. The van der Waals surface area contributed by atoms with Crippen LogP contribution < -0.4 is 0 Å². The maximum atomic E-state index is 8.25. The molecule has 2 N–H and O–H groups in total. The molecule has 0 aliphatic rings. The minimum absolute atomic E-state index is 0.0352. The molecule has 0 aromatic rings. The molecule has 2 nitrogen and oxygen atoms in total. The minimum atomic E-state index is 0.0352. The Morgan fingerprint density at radius 2 is 2.25 bits per heavy atom. The molecule has 0 aromatic heterocycles. The molecule has 2 heteroatoms. The van der Waals surface area contributed by atoms with Gasteiger partial charge in [-0.1, -0.05) is 6.58 Å². The molecule has 8 heavy (non-hydrogen) atoms. The Hall–Kier alpha value is -0.940. The van der Waals surface area contributed by atoms with Gasteiger partial charge in [-0.15, -0.1) is 0 Å². The van der Waals surface area contributed by atoms with E-state index in [1.165, 1.54) is 0 Å². The van der Waals surface area contributed by atoms with Gasteiger partial charge < -0.3 is 10.2 Å². The summed E-state index contributed by atoms with van der Waals surface area (Å²) >= 11 is 0. The van der Waals surface area contributed by atoms with E-state index in [0.29, 0.717) is 12.0 Å². The molecule has 44 valence electrons. The van der Waals surface area contributed by atoms with Crippen LogP contribution in [0.25, 0.3) is 0 Å². The molecular weight excluding hydrogens is 104 g/mol. The van der Waals surface area contributed by atoms with E-state index >= 15 is 0 Å². The predicted molar refractivity (Wildman–Crippen MR) is 30.6 cm³/mol. The minimum Gasteiger partial charge on any atom is -0.462 e. The van der Waals surface area contributed by atoms with Crippen LogP contribution >= 0.6 is 0 Å². The van der Waals surface area contributed by atoms with Gasteiger partial charge in [0.05, 0.1) is 0 Å². The zero-order chi connectivity index (χ0) is 6.41. The maximum Gasteiger partial charge on any atom is 0.112 e. The molecular formula is C6H8O2. The fraction of sp³-hybridized carbons (Fsp3) is 0.333. The highest BCUT2D eigenvalue weighted by Crippen LogP contribution is 1.91. The molecule has 0 atom stereocenters. The number of aliphatic hydroxyl groups is 2. The van der Waals surface area contributed by atoms with Crippen molar-refractivity contribution >= 4 is 0 Å². The molecule has 0 rings (SSSR count).